The van der Waals surface area contributed by atoms with Crippen molar-refractivity contribution in [2.24, 2.45) is 5.92 Å². The maximum atomic E-state index is 12.8. The van der Waals surface area contributed by atoms with Crippen LogP contribution in [0.3, 0.4) is 0 Å². The molecule has 1 fully saturated rings. The van der Waals surface area contributed by atoms with Gasteiger partial charge in [0.15, 0.2) is 0 Å². The summed E-state index contributed by atoms with van der Waals surface area (Å²) in [6.45, 7) is 8.50. The molecule has 1 aliphatic heterocycles. The molecule has 1 saturated heterocycles. The molecule has 0 aromatic rings. The van der Waals surface area contributed by atoms with E-state index in [1.807, 2.05) is 13.0 Å². The van der Waals surface area contributed by atoms with Crippen LogP contribution in [0.15, 0.2) is 45.3 Å². The molecule has 0 radical (unpaired) electrons. The topological polar surface area (TPSA) is 49.4 Å². The highest BCUT2D eigenvalue weighted by molar-refractivity contribution is 7.89. The Labute approximate surface area is 162 Å². The van der Waals surface area contributed by atoms with Crippen LogP contribution in [0, 0.1) is 5.92 Å². The zero-order valence-electron chi connectivity index (χ0n) is 15.9. The first kappa shape index (κ1) is 19.6. The second kappa shape index (κ2) is 7.81. The van der Waals surface area contributed by atoms with E-state index in [-0.39, 0.29) is 5.75 Å². The molecule has 3 rings (SSSR count). The number of nitrogens with zero attached hydrogens (tertiary/aromatic N) is 1. The van der Waals surface area contributed by atoms with Gasteiger partial charge in [0.1, 0.15) is 0 Å². The summed E-state index contributed by atoms with van der Waals surface area (Å²) in [4.78, 5) is 2.44. The molecule has 0 amide bonds. The molecule has 0 saturated carbocycles. The van der Waals surface area contributed by atoms with Crippen molar-refractivity contribution in [3.63, 3.8) is 0 Å². The largest absolute Gasteiger partial charge is 0.374 e. The normalized spacial score (nSPS) is 24.8. The summed E-state index contributed by atoms with van der Waals surface area (Å²) >= 11 is 6.03. The van der Waals surface area contributed by atoms with Gasteiger partial charge in [-0.15, -0.1) is 0 Å². The van der Waals surface area contributed by atoms with Crippen LogP contribution in [0.4, 0.5) is 0 Å². The summed E-state index contributed by atoms with van der Waals surface area (Å²) in [6, 6.07) is 0. The standard InChI is InChI=1S/C20H29ClN2O2S/c1-14-11-15(2)20(23-9-4-5-10-23)16(3)19(14)22-26(24,25)13-17-7-6-8-18(21)12-17/h8,12,15,22H,4-7,9-11,13H2,1-3H3. The maximum Gasteiger partial charge on any atom is 0.236 e. The van der Waals surface area contributed by atoms with E-state index in [1.54, 1.807) is 6.08 Å². The molecule has 2 aliphatic carbocycles. The van der Waals surface area contributed by atoms with Gasteiger partial charge in [0.25, 0.3) is 0 Å². The fraction of sp³-hybridized carbons (Fsp3) is 0.600. The smallest absolute Gasteiger partial charge is 0.236 e. The van der Waals surface area contributed by atoms with Gasteiger partial charge in [-0.25, -0.2) is 8.42 Å². The second-order valence-corrected chi connectivity index (χ2v) is 9.92. The van der Waals surface area contributed by atoms with Gasteiger partial charge in [-0.2, -0.15) is 0 Å². The van der Waals surface area contributed by atoms with Gasteiger partial charge in [-0.05, 0) is 63.2 Å². The van der Waals surface area contributed by atoms with Gasteiger partial charge >= 0.3 is 0 Å². The van der Waals surface area contributed by atoms with Crippen molar-refractivity contribution in [3.8, 4) is 0 Å². The molecule has 1 atom stereocenters. The number of allylic oxidation sites excluding steroid dienone is 6. The Morgan fingerprint density at radius 1 is 1.27 bits per heavy atom. The Balaban J connectivity index is 1.83. The van der Waals surface area contributed by atoms with Crippen LogP contribution in [0.2, 0.25) is 0 Å². The predicted molar refractivity (Wildman–Crippen MR) is 108 cm³/mol. The second-order valence-electron chi connectivity index (χ2n) is 7.76. The summed E-state index contributed by atoms with van der Waals surface area (Å²) in [5, 5.41) is 0.635. The minimum absolute atomic E-state index is 0.00964. The fourth-order valence-corrected chi connectivity index (χ4v) is 6.11. The van der Waals surface area contributed by atoms with Crippen molar-refractivity contribution in [2.75, 3.05) is 18.8 Å². The average molecular weight is 397 g/mol. The van der Waals surface area contributed by atoms with Crippen molar-refractivity contribution in [1.82, 2.24) is 9.62 Å². The summed E-state index contributed by atoms with van der Waals surface area (Å²) in [5.74, 6) is 0.446. The zero-order chi connectivity index (χ0) is 18.9. The monoisotopic (exact) mass is 396 g/mol. The van der Waals surface area contributed by atoms with E-state index in [2.05, 4.69) is 23.5 Å². The van der Waals surface area contributed by atoms with E-state index in [4.69, 9.17) is 11.6 Å². The van der Waals surface area contributed by atoms with E-state index in [1.165, 1.54) is 18.5 Å². The zero-order valence-corrected chi connectivity index (χ0v) is 17.5. The number of rotatable bonds is 5. The minimum Gasteiger partial charge on any atom is -0.374 e. The number of halogens is 1. The summed E-state index contributed by atoms with van der Waals surface area (Å²) in [6.07, 6.45) is 8.60. The third kappa shape index (κ3) is 4.37. The number of hydrogen-bond donors (Lipinski definition) is 1. The molecule has 1 N–H and O–H groups in total. The lowest BCUT2D eigenvalue weighted by molar-refractivity contribution is 0.359. The maximum absolute atomic E-state index is 12.8. The van der Waals surface area contributed by atoms with E-state index in [0.717, 1.165) is 54.8 Å². The molecule has 26 heavy (non-hydrogen) atoms. The van der Waals surface area contributed by atoms with Crippen molar-refractivity contribution in [3.05, 3.63) is 45.3 Å². The van der Waals surface area contributed by atoms with Gasteiger partial charge in [0, 0.05) is 29.7 Å². The van der Waals surface area contributed by atoms with Crippen LogP contribution in [0.25, 0.3) is 0 Å². The first-order valence-electron chi connectivity index (χ1n) is 9.48. The number of sulfonamides is 1. The minimum atomic E-state index is -3.45. The van der Waals surface area contributed by atoms with E-state index in [0.29, 0.717) is 11.0 Å². The lowest BCUT2D eigenvalue weighted by atomic mass is 9.86. The number of hydrogen-bond acceptors (Lipinski definition) is 3. The van der Waals surface area contributed by atoms with E-state index in [9.17, 15) is 8.42 Å². The Hall–Kier alpha value is -1.20. The van der Waals surface area contributed by atoms with Gasteiger partial charge < -0.3 is 4.90 Å². The first-order chi connectivity index (χ1) is 12.3. The van der Waals surface area contributed by atoms with E-state index >= 15 is 0 Å². The van der Waals surface area contributed by atoms with Crippen LogP contribution in [0.1, 0.15) is 52.9 Å². The molecule has 0 bridgehead atoms. The molecule has 1 heterocycles. The van der Waals surface area contributed by atoms with Crippen molar-refractivity contribution in [1.29, 1.82) is 0 Å². The Kier molecular flexibility index (Phi) is 5.88. The predicted octanol–water partition coefficient (Wildman–Crippen LogP) is 4.43. The lowest BCUT2D eigenvalue weighted by Crippen LogP contribution is -2.34. The van der Waals surface area contributed by atoms with Gasteiger partial charge in [-0.3, -0.25) is 4.72 Å². The quantitative estimate of drug-likeness (QED) is 0.747. The van der Waals surface area contributed by atoms with Crippen molar-refractivity contribution in [2.45, 2.75) is 52.9 Å². The summed E-state index contributed by atoms with van der Waals surface area (Å²) < 4.78 is 28.5. The molecule has 4 nitrogen and oxygen atoms in total. The average Bonchev–Trinajstić information content (AvgIpc) is 3.05. The third-order valence-corrected chi connectivity index (χ3v) is 7.02. The highest BCUT2D eigenvalue weighted by Crippen LogP contribution is 2.36. The Morgan fingerprint density at radius 3 is 2.62 bits per heavy atom. The van der Waals surface area contributed by atoms with Crippen LogP contribution in [-0.4, -0.2) is 32.2 Å². The van der Waals surface area contributed by atoms with Crippen molar-refractivity contribution >= 4 is 21.6 Å². The van der Waals surface area contributed by atoms with E-state index < -0.39 is 10.0 Å². The van der Waals surface area contributed by atoms with Gasteiger partial charge in [0.2, 0.25) is 10.0 Å². The lowest BCUT2D eigenvalue weighted by Gasteiger charge is -2.34. The number of likely N-dealkylation sites (tertiary alicyclic amines) is 1. The molecule has 0 spiro atoms. The van der Waals surface area contributed by atoms with Gasteiger partial charge in [0.05, 0.1) is 11.4 Å². The SMILES string of the molecule is CC1=C(NS(=O)(=O)CC2=CC(Cl)=CCC2)C(C)=C(N2CCCC2)C(C)C1. The number of nitrogens with one attached hydrogen (secondary N) is 1. The molecule has 0 aromatic heterocycles. The molecule has 144 valence electrons. The van der Waals surface area contributed by atoms with Gasteiger partial charge in [-0.1, -0.05) is 30.2 Å². The van der Waals surface area contributed by atoms with Crippen LogP contribution in [-0.2, 0) is 10.0 Å². The molecule has 3 aliphatic rings. The summed E-state index contributed by atoms with van der Waals surface area (Å²) in [5.41, 5.74) is 5.19. The molecular formula is C20H29ClN2O2S. The highest BCUT2D eigenvalue weighted by atomic mass is 35.5. The van der Waals surface area contributed by atoms with Crippen LogP contribution < -0.4 is 4.72 Å². The van der Waals surface area contributed by atoms with Crippen LogP contribution >= 0.6 is 11.6 Å². The molecule has 6 heteroatoms. The Bertz CT molecular complexity index is 800. The third-order valence-electron chi connectivity index (χ3n) is 5.49. The Morgan fingerprint density at radius 2 is 1.96 bits per heavy atom. The molecule has 0 aromatic carbocycles. The summed E-state index contributed by atoms with van der Waals surface area (Å²) in [7, 11) is -3.45. The van der Waals surface area contributed by atoms with Crippen LogP contribution in [0.5, 0.6) is 0 Å². The molecular weight excluding hydrogens is 368 g/mol. The fourth-order valence-electron chi connectivity index (χ4n) is 4.42. The van der Waals surface area contributed by atoms with Crippen molar-refractivity contribution < 1.29 is 8.42 Å². The first-order valence-corrected chi connectivity index (χ1v) is 11.5. The molecule has 1 unspecified atom stereocenters. The highest BCUT2D eigenvalue weighted by Gasteiger charge is 2.29.